The molecular formula is C21H18N2O4S2. The van der Waals surface area contributed by atoms with Crippen molar-refractivity contribution in [2.45, 2.75) is 19.9 Å². The summed E-state index contributed by atoms with van der Waals surface area (Å²) in [4.78, 5) is 31.9. The number of fused-ring (bicyclic) bond motifs is 1. The molecule has 0 unspecified atom stereocenters. The quantitative estimate of drug-likeness (QED) is 0.650. The van der Waals surface area contributed by atoms with Crippen LogP contribution in [0.1, 0.15) is 30.3 Å². The van der Waals surface area contributed by atoms with E-state index in [-0.39, 0.29) is 17.9 Å². The number of hydrogen-bond acceptors (Lipinski definition) is 7. The summed E-state index contributed by atoms with van der Waals surface area (Å²) < 4.78 is 7.23. The summed E-state index contributed by atoms with van der Waals surface area (Å²) in [6.45, 7) is 3.74. The standard InChI is InChI=1S/C21H18N2O4S2/c1-3-27-20(26)17-12(2)22-21-23(18(17)15-9-6-10-28-15)19(25)16(29-21)11-13-7-4-5-8-14(13)24/h4-11,18,24H,3H2,1-2H3/b16-11-/t18-/m1/s1. The number of allylic oxidation sites excluding steroid dienone is 1. The van der Waals surface area contributed by atoms with Crippen molar-refractivity contribution in [2.24, 2.45) is 4.99 Å². The van der Waals surface area contributed by atoms with Gasteiger partial charge in [0.1, 0.15) is 11.8 Å². The Kier molecular flexibility index (Phi) is 5.21. The summed E-state index contributed by atoms with van der Waals surface area (Å²) >= 11 is 2.70. The fraction of sp³-hybridized carbons (Fsp3) is 0.190. The zero-order valence-electron chi connectivity index (χ0n) is 15.8. The lowest BCUT2D eigenvalue weighted by molar-refractivity contribution is -0.139. The van der Waals surface area contributed by atoms with Gasteiger partial charge in [0.15, 0.2) is 4.80 Å². The number of thiazole rings is 1. The molecule has 148 valence electrons. The first-order chi connectivity index (χ1) is 14.0. The number of carbonyl (C=O) groups excluding carboxylic acids is 1. The highest BCUT2D eigenvalue weighted by molar-refractivity contribution is 7.10. The lowest BCUT2D eigenvalue weighted by atomic mass is 10.0. The third-order valence-electron chi connectivity index (χ3n) is 4.55. The van der Waals surface area contributed by atoms with Gasteiger partial charge in [0.2, 0.25) is 0 Å². The minimum atomic E-state index is -0.586. The van der Waals surface area contributed by atoms with E-state index in [1.165, 1.54) is 22.7 Å². The Bertz CT molecular complexity index is 1280. The van der Waals surface area contributed by atoms with Gasteiger partial charge in [0, 0.05) is 10.4 Å². The summed E-state index contributed by atoms with van der Waals surface area (Å²) in [5.74, 6) is -0.376. The maximum Gasteiger partial charge on any atom is 0.338 e. The summed E-state index contributed by atoms with van der Waals surface area (Å²) in [5.41, 5.74) is 1.20. The molecule has 0 saturated heterocycles. The van der Waals surface area contributed by atoms with E-state index in [9.17, 15) is 14.7 Å². The first-order valence-electron chi connectivity index (χ1n) is 9.02. The highest BCUT2D eigenvalue weighted by Gasteiger charge is 2.33. The maximum absolute atomic E-state index is 13.3. The van der Waals surface area contributed by atoms with Crippen molar-refractivity contribution in [1.82, 2.24) is 4.57 Å². The number of esters is 1. The van der Waals surface area contributed by atoms with Gasteiger partial charge in [-0.15, -0.1) is 11.3 Å². The molecule has 1 N–H and O–H groups in total. The number of phenolic OH excluding ortho intramolecular Hbond substituents is 1. The van der Waals surface area contributed by atoms with Crippen LogP contribution in [0.2, 0.25) is 0 Å². The van der Waals surface area contributed by atoms with Crippen LogP contribution in [0.15, 0.2) is 62.8 Å². The molecule has 0 bridgehead atoms. The molecule has 0 amide bonds. The van der Waals surface area contributed by atoms with Gasteiger partial charge in [0.25, 0.3) is 5.56 Å². The van der Waals surface area contributed by atoms with Crippen LogP contribution in [0.5, 0.6) is 5.75 Å². The van der Waals surface area contributed by atoms with Gasteiger partial charge in [-0.2, -0.15) is 0 Å². The summed E-state index contributed by atoms with van der Waals surface area (Å²) in [6, 6.07) is 10.0. The average molecular weight is 427 g/mol. The van der Waals surface area contributed by atoms with Crippen molar-refractivity contribution in [1.29, 1.82) is 0 Å². The Hall–Kier alpha value is -2.97. The molecule has 3 heterocycles. The minimum Gasteiger partial charge on any atom is -0.507 e. The Morgan fingerprint density at radius 3 is 2.79 bits per heavy atom. The molecule has 1 aliphatic heterocycles. The minimum absolute atomic E-state index is 0.0940. The predicted octanol–water partition coefficient (Wildman–Crippen LogP) is 2.57. The summed E-state index contributed by atoms with van der Waals surface area (Å²) in [5, 5.41) is 12.0. The molecule has 3 aromatic rings. The van der Waals surface area contributed by atoms with Gasteiger partial charge in [-0.1, -0.05) is 35.6 Å². The summed E-state index contributed by atoms with van der Waals surface area (Å²) in [6.07, 6.45) is 1.65. The molecule has 29 heavy (non-hydrogen) atoms. The van der Waals surface area contributed by atoms with Crippen molar-refractivity contribution in [3.05, 3.63) is 83.2 Å². The fourth-order valence-corrected chi connectivity index (χ4v) is 5.12. The monoisotopic (exact) mass is 426 g/mol. The smallest absolute Gasteiger partial charge is 0.338 e. The first-order valence-corrected chi connectivity index (χ1v) is 10.7. The Balaban J connectivity index is 1.96. The van der Waals surface area contributed by atoms with Crippen LogP contribution in [0, 0.1) is 0 Å². The highest BCUT2D eigenvalue weighted by atomic mass is 32.1. The van der Waals surface area contributed by atoms with E-state index in [2.05, 4.69) is 4.99 Å². The van der Waals surface area contributed by atoms with Crippen molar-refractivity contribution in [2.75, 3.05) is 6.61 Å². The van der Waals surface area contributed by atoms with Gasteiger partial charge < -0.3 is 9.84 Å². The van der Waals surface area contributed by atoms with E-state index in [0.717, 1.165) is 4.88 Å². The molecule has 6 nitrogen and oxygen atoms in total. The topological polar surface area (TPSA) is 80.9 Å². The number of hydrogen-bond donors (Lipinski definition) is 1. The van der Waals surface area contributed by atoms with Crippen LogP contribution in [0.3, 0.4) is 0 Å². The molecule has 1 atom stereocenters. The maximum atomic E-state index is 13.3. The van der Waals surface area contributed by atoms with Crippen LogP contribution in [-0.4, -0.2) is 22.2 Å². The van der Waals surface area contributed by atoms with Gasteiger partial charge in [-0.3, -0.25) is 9.36 Å². The third-order valence-corrected chi connectivity index (χ3v) is 6.46. The zero-order chi connectivity index (χ0) is 20.5. The number of phenols is 1. The molecule has 8 heteroatoms. The van der Waals surface area contributed by atoms with Gasteiger partial charge in [-0.05, 0) is 37.4 Å². The van der Waals surface area contributed by atoms with Crippen molar-refractivity contribution in [3.8, 4) is 5.75 Å². The number of aromatic hydroxyl groups is 1. The second kappa shape index (κ2) is 7.81. The summed E-state index contributed by atoms with van der Waals surface area (Å²) in [7, 11) is 0. The number of benzene rings is 1. The lowest BCUT2D eigenvalue weighted by Gasteiger charge is -2.23. The van der Waals surface area contributed by atoms with Crippen LogP contribution < -0.4 is 14.9 Å². The van der Waals surface area contributed by atoms with Crippen molar-refractivity contribution in [3.63, 3.8) is 0 Å². The van der Waals surface area contributed by atoms with E-state index in [4.69, 9.17) is 4.74 Å². The molecule has 0 radical (unpaired) electrons. The molecule has 0 aliphatic carbocycles. The number of carbonyl (C=O) groups is 1. The molecule has 1 aliphatic rings. The second-order valence-electron chi connectivity index (χ2n) is 6.38. The number of ether oxygens (including phenoxy) is 1. The van der Waals surface area contributed by atoms with Gasteiger partial charge >= 0.3 is 5.97 Å². The van der Waals surface area contributed by atoms with Crippen LogP contribution in [0.25, 0.3) is 6.08 Å². The SMILES string of the molecule is CCOC(=O)C1=C(C)N=c2s/c(=C\c3ccccc3O)c(=O)n2[C@@H]1c1cccs1. The Morgan fingerprint density at radius 2 is 2.10 bits per heavy atom. The van der Waals surface area contributed by atoms with E-state index in [1.807, 2.05) is 17.5 Å². The van der Waals surface area contributed by atoms with Crippen LogP contribution in [-0.2, 0) is 9.53 Å². The third kappa shape index (κ3) is 3.45. The molecule has 0 fully saturated rings. The van der Waals surface area contributed by atoms with Crippen LogP contribution in [0.4, 0.5) is 0 Å². The predicted molar refractivity (Wildman–Crippen MR) is 113 cm³/mol. The number of rotatable bonds is 4. The fourth-order valence-electron chi connectivity index (χ4n) is 3.26. The van der Waals surface area contributed by atoms with E-state index < -0.39 is 12.0 Å². The number of aromatic nitrogens is 1. The molecule has 1 aromatic carbocycles. The van der Waals surface area contributed by atoms with Gasteiger partial charge in [-0.25, -0.2) is 9.79 Å². The normalized spacial score (nSPS) is 16.5. The number of nitrogens with zero attached hydrogens (tertiary/aromatic N) is 2. The Morgan fingerprint density at radius 1 is 1.31 bits per heavy atom. The van der Waals surface area contributed by atoms with E-state index in [0.29, 0.717) is 26.2 Å². The molecule has 0 saturated carbocycles. The van der Waals surface area contributed by atoms with Gasteiger partial charge in [0.05, 0.1) is 22.4 Å². The van der Waals surface area contributed by atoms with Crippen molar-refractivity contribution >= 4 is 34.7 Å². The zero-order valence-corrected chi connectivity index (χ0v) is 17.4. The average Bonchev–Trinajstić information content (AvgIpc) is 3.32. The largest absolute Gasteiger partial charge is 0.507 e. The number of thiophene rings is 1. The molecule has 0 spiro atoms. The van der Waals surface area contributed by atoms with Crippen molar-refractivity contribution < 1.29 is 14.6 Å². The molecule has 2 aromatic heterocycles. The molecular weight excluding hydrogens is 408 g/mol. The number of para-hydroxylation sites is 1. The second-order valence-corrected chi connectivity index (χ2v) is 8.36. The molecule has 4 rings (SSSR count). The first kappa shape index (κ1) is 19.4. The Labute approximate surface area is 174 Å². The lowest BCUT2D eigenvalue weighted by Crippen LogP contribution is -2.39. The van der Waals surface area contributed by atoms with E-state index in [1.54, 1.807) is 48.8 Å². The van der Waals surface area contributed by atoms with E-state index >= 15 is 0 Å². The highest BCUT2D eigenvalue weighted by Crippen LogP contribution is 2.33. The van der Waals surface area contributed by atoms with Crippen LogP contribution >= 0.6 is 22.7 Å².